The van der Waals surface area contributed by atoms with Gasteiger partial charge in [0.15, 0.2) is 0 Å². The number of aromatic hydroxyl groups is 1. The highest BCUT2D eigenvalue weighted by molar-refractivity contribution is 5.69. The fourth-order valence-electron chi connectivity index (χ4n) is 1.50. The van der Waals surface area contributed by atoms with Crippen LogP contribution in [-0.2, 0) is 9.53 Å². The predicted molar refractivity (Wildman–Crippen MR) is 61.0 cm³/mol. The fraction of sp³-hybridized carbons (Fsp3) is 0.417. The normalized spacial score (nSPS) is 12.2. The maximum atomic E-state index is 10.9. The molecule has 4 nitrogen and oxygen atoms in total. The molecule has 0 spiro atoms. The summed E-state index contributed by atoms with van der Waals surface area (Å²) in [5.41, 5.74) is 7.52. The summed E-state index contributed by atoms with van der Waals surface area (Å²) in [6.07, 6.45) is 0.717. The number of carbonyl (C=O) groups is 1. The minimum absolute atomic E-state index is 0.178. The molecule has 1 aromatic carbocycles. The maximum absolute atomic E-state index is 10.9. The molecule has 0 bridgehead atoms. The molecular weight excluding hydrogens is 206 g/mol. The maximum Gasteiger partial charge on any atom is 0.305 e. The van der Waals surface area contributed by atoms with Gasteiger partial charge in [-0.25, -0.2) is 0 Å². The lowest BCUT2D eigenvalue weighted by Crippen LogP contribution is -2.13. The van der Waals surface area contributed by atoms with Gasteiger partial charge in [-0.2, -0.15) is 0 Å². The highest BCUT2D eigenvalue weighted by atomic mass is 16.5. The first kappa shape index (κ1) is 12.5. The van der Waals surface area contributed by atoms with Crippen LogP contribution in [0.1, 0.15) is 30.0 Å². The smallest absolute Gasteiger partial charge is 0.305 e. The zero-order valence-corrected chi connectivity index (χ0v) is 9.56. The molecule has 0 heterocycles. The Labute approximate surface area is 95.0 Å². The summed E-state index contributed by atoms with van der Waals surface area (Å²) < 4.78 is 4.53. The third-order valence-corrected chi connectivity index (χ3v) is 2.47. The van der Waals surface area contributed by atoms with Gasteiger partial charge >= 0.3 is 5.97 Å². The number of hydrogen-bond acceptors (Lipinski definition) is 4. The molecule has 0 aliphatic heterocycles. The van der Waals surface area contributed by atoms with Crippen LogP contribution in [0.15, 0.2) is 18.2 Å². The summed E-state index contributed by atoms with van der Waals surface area (Å²) in [5, 5.41) is 9.69. The molecule has 0 fully saturated rings. The van der Waals surface area contributed by atoms with Gasteiger partial charge in [0.1, 0.15) is 5.75 Å². The minimum atomic E-state index is -0.348. The van der Waals surface area contributed by atoms with Crippen LogP contribution in [0.3, 0.4) is 0 Å². The summed E-state index contributed by atoms with van der Waals surface area (Å²) in [7, 11) is 1.34. The molecule has 0 saturated heterocycles. The van der Waals surface area contributed by atoms with Gasteiger partial charge in [-0.15, -0.1) is 0 Å². The topological polar surface area (TPSA) is 72.5 Å². The number of aryl methyl sites for hydroxylation is 1. The van der Waals surface area contributed by atoms with Gasteiger partial charge in [-0.1, -0.05) is 12.1 Å². The molecule has 0 saturated carbocycles. The monoisotopic (exact) mass is 223 g/mol. The van der Waals surface area contributed by atoms with E-state index in [1.54, 1.807) is 12.1 Å². The number of phenols is 1. The van der Waals surface area contributed by atoms with Gasteiger partial charge in [0.25, 0.3) is 0 Å². The molecule has 1 atom stereocenters. The Hall–Kier alpha value is -1.55. The number of esters is 1. The van der Waals surface area contributed by atoms with Crippen molar-refractivity contribution in [2.75, 3.05) is 7.11 Å². The van der Waals surface area contributed by atoms with E-state index in [-0.39, 0.29) is 24.2 Å². The Kier molecular flexibility index (Phi) is 4.31. The third-order valence-electron chi connectivity index (χ3n) is 2.47. The number of nitrogens with two attached hydrogens (primary N) is 1. The second-order valence-electron chi connectivity index (χ2n) is 3.78. The lowest BCUT2D eigenvalue weighted by Gasteiger charge is -2.13. The third kappa shape index (κ3) is 3.24. The Morgan fingerprint density at radius 3 is 2.81 bits per heavy atom. The number of rotatable bonds is 4. The lowest BCUT2D eigenvalue weighted by molar-refractivity contribution is -0.140. The summed E-state index contributed by atoms with van der Waals surface area (Å²) in [6, 6.07) is 4.98. The largest absolute Gasteiger partial charge is 0.508 e. The minimum Gasteiger partial charge on any atom is -0.508 e. The van der Waals surface area contributed by atoms with Crippen molar-refractivity contribution in [2.45, 2.75) is 25.8 Å². The Balaban J connectivity index is 2.65. The zero-order valence-electron chi connectivity index (χ0n) is 9.56. The van der Waals surface area contributed by atoms with Crippen molar-refractivity contribution in [3.63, 3.8) is 0 Å². The average Bonchev–Trinajstić information content (AvgIpc) is 2.25. The van der Waals surface area contributed by atoms with E-state index in [0.717, 1.165) is 5.56 Å². The van der Waals surface area contributed by atoms with Crippen LogP contribution in [0.25, 0.3) is 0 Å². The Bertz CT molecular complexity index is 377. The molecule has 0 aliphatic carbocycles. The van der Waals surface area contributed by atoms with Gasteiger partial charge in [0, 0.05) is 18.0 Å². The molecule has 1 aromatic rings. The van der Waals surface area contributed by atoms with Crippen LogP contribution < -0.4 is 5.73 Å². The van der Waals surface area contributed by atoms with Gasteiger partial charge in [-0.05, 0) is 25.0 Å². The van der Waals surface area contributed by atoms with Gasteiger partial charge in [-0.3, -0.25) is 4.79 Å². The number of benzene rings is 1. The van der Waals surface area contributed by atoms with E-state index >= 15 is 0 Å². The van der Waals surface area contributed by atoms with Crippen molar-refractivity contribution in [1.29, 1.82) is 0 Å². The standard InChI is InChI=1S/C12H17NO3/c1-8-3-4-9(11(14)7-8)10(13)5-6-12(15)16-2/h3-4,7,10,14H,5-6,13H2,1-2H3. The SMILES string of the molecule is COC(=O)CCC(N)c1ccc(C)cc1O. The van der Waals surface area contributed by atoms with E-state index in [1.165, 1.54) is 7.11 Å². The first-order valence-corrected chi connectivity index (χ1v) is 5.16. The fourth-order valence-corrected chi connectivity index (χ4v) is 1.50. The molecule has 1 unspecified atom stereocenters. The number of methoxy groups -OCH3 is 1. The zero-order chi connectivity index (χ0) is 12.1. The molecule has 0 aliphatic rings. The van der Waals surface area contributed by atoms with Crippen molar-refractivity contribution in [1.82, 2.24) is 0 Å². The number of phenolic OH excluding ortho intramolecular Hbond substituents is 1. The lowest BCUT2D eigenvalue weighted by atomic mass is 10.0. The summed E-state index contributed by atoms with van der Waals surface area (Å²) in [6.45, 7) is 1.89. The van der Waals surface area contributed by atoms with Crippen LogP contribution >= 0.6 is 0 Å². The molecule has 0 aromatic heterocycles. The van der Waals surface area contributed by atoms with Crippen LogP contribution in [0.2, 0.25) is 0 Å². The molecule has 0 amide bonds. The quantitative estimate of drug-likeness (QED) is 0.761. The molecule has 1 rings (SSSR count). The van der Waals surface area contributed by atoms with Crippen LogP contribution in [0, 0.1) is 6.92 Å². The highest BCUT2D eigenvalue weighted by Crippen LogP contribution is 2.26. The van der Waals surface area contributed by atoms with E-state index in [1.807, 2.05) is 13.0 Å². The first-order chi connectivity index (χ1) is 7.54. The summed E-state index contributed by atoms with van der Waals surface area (Å²) in [4.78, 5) is 10.9. The van der Waals surface area contributed by atoms with E-state index in [9.17, 15) is 9.90 Å². The van der Waals surface area contributed by atoms with Gasteiger partial charge in [0.2, 0.25) is 0 Å². The second-order valence-corrected chi connectivity index (χ2v) is 3.78. The van der Waals surface area contributed by atoms with Crippen molar-refractivity contribution >= 4 is 5.97 Å². The molecule has 88 valence electrons. The van der Waals surface area contributed by atoms with E-state index in [2.05, 4.69) is 4.74 Å². The highest BCUT2D eigenvalue weighted by Gasteiger charge is 2.12. The molecule has 3 N–H and O–H groups in total. The van der Waals surface area contributed by atoms with Crippen LogP contribution in [0.4, 0.5) is 0 Å². The number of ether oxygens (including phenoxy) is 1. The van der Waals surface area contributed by atoms with Crippen molar-refractivity contribution < 1.29 is 14.6 Å². The van der Waals surface area contributed by atoms with Crippen molar-refractivity contribution in [2.24, 2.45) is 5.73 Å². The molecule has 0 radical (unpaired) electrons. The number of carbonyl (C=O) groups excluding carboxylic acids is 1. The second kappa shape index (κ2) is 5.51. The van der Waals surface area contributed by atoms with E-state index < -0.39 is 0 Å². The Morgan fingerprint density at radius 1 is 1.56 bits per heavy atom. The predicted octanol–water partition coefficient (Wildman–Crippen LogP) is 1.65. The van der Waals surface area contributed by atoms with E-state index in [4.69, 9.17) is 5.73 Å². The Morgan fingerprint density at radius 2 is 2.25 bits per heavy atom. The van der Waals surface area contributed by atoms with Crippen molar-refractivity contribution in [3.05, 3.63) is 29.3 Å². The summed E-state index contributed by atoms with van der Waals surface area (Å²) in [5.74, 6) is -0.112. The molecule has 4 heteroatoms. The molecule has 16 heavy (non-hydrogen) atoms. The number of hydrogen-bond donors (Lipinski definition) is 2. The molecular formula is C12H17NO3. The summed E-state index contributed by atoms with van der Waals surface area (Å²) >= 11 is 0. The average molecular weight is 223 g/mol. The van der Waals surface area contributed by atoms with Crippen LogP contribution in [0.5, 0.6) is 5.75 Å². The first-order valence-electron chi connectivity index (χ1n) is 5.16. The van der Waals surface area contributed by atoms with Gasteiger partial charge in [0.05, 0.1) is 7.11 Å². The van der Waals surface area contributed by atoms with Gasteiger partial charge < -0.3 is 15.6 Å². The van der Waals surface area contributed by atoms with Crippen LogP contribution in [-0.4, -0.2) is 18.2 Å². The van der Waals surface area contributed by atoms with E-state index in [0.29, 0.717) is 12.0 Å². The van der Waals surface area contributed by atoms with Crippen molar-refractivity contribution in [3.8, 4) is 5.75 Å².